The average molecular weight is 687 g/mol. The van der Waals surface area contributed by atoms with E-state index in [1.807, 2.05) is 13.8 Å². The summed E-state index contributed by atoms with van der Waals surface area (Å²) in [6, 6.07) is 29.4. The standard InChI is InChI=1S/C34H30N4O8S2/c1-23-9-17-31(18-10-23)47(41,42)45-29-7-3-5-27(21-29)37-33(39)35-25-13-15-26(16-14-25)36-34(40)38-28-6-4-8-30(22-28)46-48(43,44)32-19-11-24(2)12-20-32/h3-22H,1-2H3,(H2,35,37,39)(H2,36,38,40). The number of hydrogen-bond acceptors (Lipinski definition) is 8. The first-order valence-electron chi connectivity index (χ1n) is 14.3. The summed E-state index contributed by atoms with van der Waals surface area (Å²) in [4.78, 5) is 25.2. The molecule has 0 heterocycles. The molecule has 0 atom stereocenters. The first-order valence-corrected chi connectivity index (χ1v) is 17.1. The van der Waals surface area contributed by atoms with Gasteiger partial charge in [0.05, 0.1) is 0 Å². The van der Waals surface area contributed by atoms with Crippen LogP contribution >= 0.6 is 0 Å². The largest absolute Gasteiger partial charge is 0.379 e. The summed E-state index contributed by atoms with van der Waals surface area (Å²) in [5, 5.41) is 10.5. The van der Waals surface area contributed by atoms with E-state index in [0.29, 0.717) is 22.7 Å². The van der Waals surface area contributed by atoms with E-state index in [4.69, 9.17) is 8.37 Å². The van der Waals surface area contributed by atoms with Gasteiger partial charge in [-0.3, -0.25) is 0 Å². The van der Waals surface area contributed by atoms with Crippen LogP contribution in [0.3, 0.4) is 0 Å². The lowest BCUT2D eigenvalue weighted by Gasteiger charge is -2.12. The van der Waals surface area contributed by atoms with Crippen LogP contribution in [0, 0.1) is 13.8 Å². The monoisotopic (exact) mass is 686 g/mol. The first-order chi connectivity index (χ1) is 22.8. The van der Waals surface area contributed by atoms with E-state index in [1.54, 1.807) is 60.7 Å². The smallest absolute Gasteiger partial charge is 0.339 e. The number of hydrogen-bond donors (Lipinski definition) is 4. The van der Waals surface area contributed by atoms with Crippen molar-refractivity contribution < 1.29 is 34.8 Å². The molecule has 5 rings (SSSR count). The molecule has 0 aromatic heterocycles. The zero-order valence-electron chi connectivity index (χ0n) is 25.6. The Kier molecular flexibility index (Phi) is 9.96. The van der Waals surface area contributed by atoms with Gasteiger partial charge < -0.3 is 29.6 Å². The van der Waals surface area contributed by atoms with Crippen LogP contribution in [0.5, 0.6) is 11.5 Å². The normalized spacial score (nSPS) is 11.2. The summed E-state index contributed by atoms with van der Waals surface area (Å²) < 4.78 is 60.9. The van der Waals surface area contributed by atoms with Crippen molar-refractivity contribution in [2.75, 3.05) is 21.3 Å². The Bertz CT molecular complexity index is 2000. The fraction of sp³-hybridized carbons (Fsp3) is 0.0588. The SMILES string of the molecule is Cc1ccc(S(=O)(=O)Oc2cccc(NC(=O)Nc3ccc(NC(=O)Nc4cccc(OS(=O)(=O)c5ccc(C)cc5)c4)cc3)c2)cc1. The highest BCUT2D eigenvalue weighted by Gasteiger charge is 2.18. The predicted molar refractivity (Wildman–Crippen MR) is 183 cm³/mol. The van der Waals surface area contributed by atoms with Crippen molar-refractivity contribution in [2.24, 2.45) is 0 Å². The Labute approximate surface area is 278 Å². The van der Waals surface area contributed by atoms with Crippen molar-refractivity contribution in [3.05, 3.63) is 132 Å². The molecule has 0 bridgehead atoms. The number of rotatable bonds is 10. The molecular weight excluding hydrogens is 657 g/mol. The van der Waals surface area contributed by atoms with E-state index in [1.165, 1.54) is 60.7 Å². The first kappa shape index (κ1) is 33.5. The van der Waals surface area contributed by atoms with Crippen LogP contribution in [-0.2, 0) is 20.2 Å². The molecule has 12 nitrogen and oxygen atoms in total. The molecule has 0 saturated carbocycles. The van der Waals surface area contributed by atoms with Gasteiger partial charge in [-0.2, -0.15) is 16.8 Å². The lowest BCUT2D eigenvalue weighted by molar-refractivity contribution is 0.261. The molecule has 246 valence electrons. The summed E-state index contributed by atoms with van der Waals surface area (Å²) in [6.07, 6.45) is 0. The molecule has 0 spiro atoms. The summed E-state index contributed by atoms with van der Waals surface area (Å²) >= 11 is 0. The van der Waals surface area contributed by atoms with Gasteiger partial charge in [-0.25, -0.2) is 9.59 Å². The number of nitrogens with one attached hydrogen (secondary N) is 4. The highest BCUT2D eigenvalue weighted by atomic mass is 32.2. The Morgan fingerprint density at radius 2 is 0.792 bits per heavy atom. The average Bonchev–Trinajstić information content (AvgIpc) is 3.02. The predicted octanol–water partition coefficient (Wildman–Crippen LogP) is 7.13. The number of benzene rings is 5. The van der Waals surface area contributed by atoms with E-state index >= 15 is 0 Å². The lowest BCUT2D eigenvalue weighted by Crippen LogP contribution is -2.20. The molecule has 48 heavy (non-hydrogen) atoms. The van der Waals surface area contributed by atoms with Gasteiger partial charge in [-0.05, 0) is 86.6 Å². The second-order valence-corrected chi connectivity index (χ2v) is 13.6. The maximum Gasteiger partial charge on any atom is 0.339 e. The van der Waals surface area contributed by atoms with Gasteiger partial charge in [0.2, 0.25) is 0 Å². The summed E-state index contributed by atoms with van der Waals surface area (Å²) in [6.45, 7) is 3.68. The van der Waals surface area contributed by atoms with Gasteiger partial charge >= 0.3 is 32.3 Å². The summed E-state index contributed by atoms with van der Waals surface area (Å²) in [5.74, 6) is 0.0437. The number of anilines is 4. The molecule has 0 unspecified atom stereocenters. The maximum atomic E-state index is 12.6. The van der Waals surface area contributed by atoms with Crippen molar-refractivity contribution in [3.8, 4) is 11.5 Å². The fourth-order valence-corrected chi connectivity index (χ4v) is 6.08. The molecule has 0 saturated heterocycles. The zero-order valence-corrected chi connectivity index (χ0v) is 27.3. The van der Waals surface area contributed by atoms with E-state index in [0.717, 1.165) is 11.1 Å². The number of carbonyl (C=O) groups excluding carboxylic acids is 2. The van der Waals surface area contributed by atoms with E-state index in [2.05, 4.69) is 21.3 Å². The Morgan fingerprint density at radius 1 is 0.458 bits per heavy atom. The second kappa shape index (κ2) is 14.3. The van der Waals surface area contributed by atoms with Crippen LogP contribution in [-0.4, -0.2) is 28.9 Å². The summed E-state index contributed by atoms with van der Waals surface area (Å²) in [5.41, 5.74) is 3.22. The summed E-state index contributed by atoms with van der Waals surface area (Å²) in [7, 11) is -8.13. The lowest BCUT2D eigenvalue weighted by atomic mass is 10.2. The highest BCUT2D eigenvalue weighted by molar-refractivity contribution is 7.87. The number of amides is 4. The van der Waals surface area contributed by atoms with Gasteiger partial charge in [-0.15, -0.1) is 0 Å². The minimum absolute atomic E-state index is 0.00521. The number of aryl methyl sites for hydroxylation is 2. The van der Waals surface area contributed by atoms with Crippen molar-refractivity contribution in [1.29, 1.82) is 0 Å². The molecule has 5 aromatic carbocycles. The Hall–Kier alpha value is -5.86. The van der Waals surface area contributed by atoms with Crippen LogP contribution in [0.2, 0.25) is 0 Å². The second-order valence-electron chi connectivity index (χ2n) is 10.5. The number of urea groups is 2. The molecule has 0 aliphatic heterocycles. The van der Waals surface area contributed by atoms with Crippen molar-refractivity contribution >= 4 is 55.0 Å². The molecule has 0 aliphatic carbocycles. The van der Waals surface area contributed by atoms with Crippen molar-refractivity contribution in [2.45, 2.75) is 23.6 Å². The zero-order chi connectivity index (χ0) is 34.3. The van der Waals surface area contributed by atoms with Gasteiger partial charge in [0.15, 0.2) is 0 Å². The van der Waals surface area contributed by atoms with Crippen molar-refractivity contribution in [1.82, 2.24) is 0 Å². The van der Waals surface area contributed by atoms with Crippen LogP contribution in [0.25, 0.3) is 0 Å². The van der Waals surface area contributed by atoms with E-state index in [-0.39, 0.29) is 21.3 Å². The van der Waals surface area contributed by atoms with Crippen LogP contribution in [0.4, 0.5) is 32.3 Å². The van der Waals surface area contributed by atoms with Gasteiger partial charge in [0.1, 0.15) is 21.3 Å². The quantitative estimate of drug-likeness (QED) is 0.113. The third kappa shape index (κ3) is 9.11. The third-order valence-corrected chi connectivity index (χ3v) is 9.14. The van der Waals surface area contributed by atoms with Crippen LogP contribution in [0.15, 0.2) is 131 Å². The van der Waals surface area contributed by atoms with Crippen molar-refractivity contribution in [3.63, 3.8) is 0 Å². The van der Waals surface area contributed by atoms with E-state index in [9.17, 15) is 26.4 Å². The molecule has 0 fully saturated rings. The molecular formula is C34H30N4O8S2. The maximum absolute atomic E-state index is 12.6. The Balaban J connectivity index is 1.12. The van der Waals surface area contributed by atoms with Gasteiger partial charge in [-0.1, -0.05) is 47.5 Å². The van der Waals surface area contributed by atoms with Gasteiger partial charge in [0.25, 0.3) is 0 Å². The highest BCUT2D eigenvalue weighted by Crippen LogP contribution is 2.24. The minimum atomic E-state index is -4.06. The molecule has 4 amide bonds. The molecule has 4 N–H and O–H groups in total. The Morgan fingerprint density at radius 3 is 1.15 bits per heavy atom. The molecule has 14 heteroatoms. The molecule has 0 radical (unpaired) electrons. The van der Waals surface area contributed by atoms with Gasteiger partial charge in [0, 0.05) is 34.9 Å². The van der Waals surface area contributed by atoms with Crippen LogP contribution in [0.1, 0.15) is 11.1 Å². The number of carbonyl (C=O) groups is 2. The molecule has 5 aromatic rings. The minimum Gasteiger partial charge on any atom is -0.379 e. The topological polar surface area (TPSA) is 169 Å². The van der Waals surface area contributed by atoms with Crippen LogP contribution < -0.4 is 29.6 Å². The van der Waals surface area contributed by atoms with E-state index < -0.39 is 32.3 Å². The third-order valence-electron chi connectivity index (χ3n) is 6.62. The molecule has 0 aliphatic rings. The fourth-order valence-electron chi connectivity index (χ4n) is 4.23.